The summed E-state index contributed by atoms with van der Waals surface area (Å²) in [6.45, 7) is 5.35. The van der Waals surface area contributed by atoms with Gasteiger partial charge in [0.15, 0.2) is 5.96 Å². The van der Waals surface area contributed by atoms with Crippen LogP contribution in [0.3, 0.4) is 0 Å². The Kier molecular flexibility index (Phi) is 8.55. The van der Waals surface area contributed by atoms with Gasteiger partial charge >= 0.3 is 0 Å². The quantitative estimate of drug-likeness (QED) is 0.396. The van der Waals surface area contributed by atoms with Crippen molar-refractivity contribution in [2.45, 2.75) is 32.7 Å². The molecule has 0 aliphatic heterocycles. The molecule has 0 amide bonds. The number of nitrogens with zero attached hydrogens (tertiary/aromatic N) is 3. The molecule has 0 aliphatic rings. The Morgan fingerprint density at radius 1 is 1.20 bits per heavy atom. The molecule has 0 radical (unpaired) electrons. The molecule has 25 heavy (non-hydrogen) atoms. The van der Waals surface area contributed by atoms with Gasteiger partial charge in [0.05, 0.1) is 12.0 Å². The van der Waals surface area contributed by atoms with Crippen molar-refractivity contribution in [3.8, 4) is 5.69 Å². The number of ether oxygens (including phenoxy) is 1. The Labute approximate surface area is 150 Å². The van der Waals surface area contributed by atoms with Crippen LogP contribution in [0.4, 0.5) is 0 Å². The molecule has 6 nitrogen and oxygen atoms in total. The molecule has 0 spiro atoms. The third-order valence-electron chi connectivity index (χ3n) is 3.84. The Morgan fingerprint density at radius 3 is 2.80 bits per heavy atom. The summed E-state index contributed by atoms with van der Waals surface area (Å²) in [5.41, 5.74) is 2.30. The summed E-state index contributed by atoms with van der Waals surface area (Å²) in [4.78, 5) is 8.40. The van der Waals surface area contributed by atoms with Gasteiger partial charge in [-0.25, -0.2) is 4.98 Å². The number of nitrogens with one attached hydrogen (secondary N) is 2. The van der Waals surface area contributed by atoms with E-state index in [2.05, 4.69) is 39.7 Å². The molecule has 1 aromatic carbocycles. The molecule has 0 aliphatic carbocycles. The van der Waals surface area contributed by atoms with Gasteiger partial charge in [-0.05, 0) is 24.5 Å². The third kappa shape index (κ3) is 6.58. The number of benzene rings is 1. The fraction of sp³-hybridized carbons (Fsp3) is 0.474. The minimum absolute atomic E-state index is 0.695. The summed E-state index contributed by atoms with van der Waals surface area (Å²) in [5, 5.41) is 6.69. The van der Waals surface area contributed by atoms with Crippen LogP contribution >= 0.6 is 0 Å². The molecule has 0 bridgehead atoms. The molecule has 0 unspecified atom stereocenters. The second kappa shape index (κ2) is 11.3. The SMILES string of the molecule is CCCCOCCCNC(=NC)NCc1ccccc1-n1ccnc1. The fourth-order valence-corrected chi connectivity index (χ4v) is 2.44. The number of hydrogen-bond donors (Lipinski definition) is 2. The van der Waals surface area contributed by atoms with Crippen LogP contribution in [-0.4, -0.2) is 42.3 Å². The summed E-state index contributed by atoms with van der Waals surface area (Å²) >= 11 is 0. The van der Waals surface area contributed by atoms with Crippen LogP contribution in [-0.2, 0) is 11.3 Å². The number of hydrogen-bond acceptors (Lipinski definition) is 3. The molecular weight excluding hydrogens is 314 g/mol. The second-order valence-electron chi connectivity index (χ2n) is 5.77. The van der Waals surface area contributed by atoms with Gasteiger partial charge in [0.1, 0.15) is 0 Å². The Hall–Kier alpha value is -2.34. The highest BCUT2D eigenvalue weighted by Crippen LogP contribution is 2.13. The van der Waals surface area contributed by atoms with Crippen LogP contribution < -0.4 is 10.6 Å². The largest absolute Gasteiger partial charge is 0.381 e. The van der Waals surface area contributed by atoms with Gasteiger partial charge in [-0.3, -0.25) is 4.99 Å². The number of imidazole rings is 1. The monoisotopic (exact) mass is 343 g/mol. The average molecular weight is 343 g/mol. The third-order valence-corrected chi connectivity index (χ3v) is 3.84. The summed E-state index contributed by atoms with van der Waals surface area (Å²) in [6, 6.07) is 8.27. The van der Waals surface area contributed by atoms with Gasteiger partial charge < -0.3 is 19.9 Å². The van der Waals surface area contributed by atoms with Gasteiger partial charge in [-0.1, -0.05) is 31.5 Å². The van der Waals surface area contributed by atoms with Crippen LogP contribution in [0, 0.1) is 0 Å². The van der Waals surface area contributed by atoms with E-state index in [1.54, 1.807) is 13.2 Å². The highest BCUT2D eigenvalue weighted by molar-refractivity contribution is 5.79. The molecule has 1 heterocycles. The van der Waals surface area contributed by atoms with E-state index in [1.807, 2.05) is 29.2 Å². The first-order chi connectivity index (χ1) is 12.3. The van der Waals surface area contributed by atoms with E-state index in [9.17, 15) is 0 Å². The number of para-hydroxylation sites is 1. The van der Waals surface area contributed by atoms with Crippen molar-refractivity contribution in [1.29, 1.82) is 0 Å². The normalized spacial score (nSPS) is 11.5. The van der Waals surface area contributed by atoms with E-state index in [4.69, 9.17) is 4.74 Å². The first-order valence-electron chi connectivity index (χ1n) is 8.93. The van der Waals surface area contributed by atoms with Gasteiger partial charge in [-0.15, -0.1) is 0 Å². The predicted octanol–water partition coefficient (Wildman–Crippen LogP) is 2.74. The van der Waals surface area contributed by atoms with Crippen LogP contribution in [0.1, 0.15) is 31.7 Å². The van der Waals surface area contributed by atoms with E-state index in [-0.39, 0.29) is 0 Å². The molecule has 0 saturated carbocycles. The fourth-order valence-electron chi connectivity index (χ4n) is 2.44. The van der Waals surface area contributed by atoms with Crippen molar-refractivity contribution in [2.75, 3.05) is 26.8 Å². The number of rotatable bonds is 10. The number of aliphatic imine (C=N–C) groups is 1. The lowest BCUT2D eigenvalue weighted by molar-refractivity contribution is 0.129. The van der Waals surface area contributed by atoms with Gasteiger partial charge in [-0.2, -0.15) is 0 Å². The lowest BCUT2D eigenvalue weighted by Gasteiger charge is -2.14. The van der Waals surface area contributed by atoms with Crippen LogP contribution in [0.15, 0.2) is 48.0 Å². The average Bonchev–Trinajstić information content (AvgIpc) is 3.18. The maximum Gasteiger partial charge on any atom is 0.191 e. The highest BCUT2D eigenvalue weighted by Gasteiger charge is 2.04. The van der Waals surface area contributed by atoms with Crippen molar-refractivity contribution in [2.24, 2.45) is 4.99 Å². The smallest absolute Gasteiger partial charge is 0.191 e. The Bertz CT molecular complexity index is 625. The molecule has 136 valence electrons. The van der Waals surface area contributed by atoms with Gasteiger partial charge in [0, 0.05) is 45.7 Å². The summed E-state index contributed by atoms with van der Waals surface area (Å²) in [7, 11) is 1.79. The van der Waals surface area contributed by atoms with E-state index in [0.29, 0.717) is 6.54 Å². The van der Waals surface area contributed by atoms with Crippen molar-refractivity contribution in [3.63, 3.8) is 0 Å². The summed E-state index contributed by atoms with van der Waals surface area (Å²) < 4.78 is 7.58. The lowest BCUT2D eigenvalue weighted by Crippen LogP contribution is -2.37. The molecule has 2 rings (SSSR count). The van der Waals surface area contributed by atoms with Gasteiger partial charge in [0.25, 0.3) is 0 Å². The number of unbranched alkanes of at least 4 members (excludes halogenated alkanes) is 1. The zero-order chi connectivity index (χ0) is 17.7. The molecule has 0 atom stereocenters. The zero-order valence-electron chi connectivity index (χ0n) is 15.2. The van der Waals surface area contributed by atoms with Crippen LogP contribution in [0.5, 0.6) is 0 Å². The van der Waals surface area contributed by atoms with Gasteiger partial charge in [0.2, 0.25) is 0 Å². The minimum atomic E-state index is 0.695. The van der Waals surface area contributed by atoms with E-state index < -0.39 is 0 Å². The zero-order valence-corrected chi connectivity index (χ0v) is 15.2. The van der Waals surface area contributed by atoms with Crippen molar-refractivity contribution < 1.29 is 4.74 Å². The molecule has 0 fully saturated rings. The van der Waals surface area contributed by atoms with E-state index >= 15 is 0 Å². The number of guanidine groups is 1. The summed E-state index contributed by atoms with van der Waals surface area (Å²) in [6.07, 6.45) is 8.82. The maximum absolute atomic E-state index is 5.57. The van der Waals surface area contributed by atoms with E-state index in [0.717, 1.165) is 44.2 Å². The molecular formula is C19H29N5O. The first kappa shape index (κ1) is 19.0. The predicted molar refractivity (Wildman–Crippen MR) is 102 cm³/mol. The highest BCUT2D eigenvalue weighted by atomic mass is 16.5. The standard InChI is InChI=1S/C19H29N5O/c1-3-4-13-25-14-7-10-22-19(20-2)23-15-17-8-5-6-9-18(17)24-12-11-21-16-24/h5-6,8-9,11-12,16H,3-4,7,10,13-15H2,1-2H3,(H2,20,22,23). The number of aromatic nitrogens is 2. The molecule has 2 N–H and O–H groups in total. The molecule has 6 heteroatoms. The molecule has 0 saturated heterocycles. The van der Waals surface area contributed by atoms with Crippen molar-refractivity contribution in [1.82, 2.24) is 20.2 Å². The first-order valence-corrected chi connectivity index (χ1v) is 8.93. The van der Waals surface area contributed by atoms with E-state index in [1.165, 1.54) is 12.0 Å². The molecule has 2 aromatic rings. The molecule has 1 aromatic heterocycles. The van der Waals surface area contributed by atoms with Crippen LogP contribution in [0.2, 0.25) is 0 Å². The summed E-state index contributed by atoms with van der Waals surface area (Å²) in [5.74, 6) is 0.800. The van der Waals surface area contributed by atoms with Crippen molar-refractivity contribution in [3.05, 3.63) is 48.5 Å². The maximum atomic E-state index is 5.57. The second-order valence-corrected chi connectivity index (χ2v) is 5.77. The Balaban J connectivity index is 1.76. The Morgan fingerprint density at radius 2 is 2.04 bits per heavy atom. The topological polar surface area (TPSA) is 63.5 Å². The lowest BCUT2D eigenvalue weighted by atomic mass is 10.1. The van der Waals surface area contributed by atoms with Crippen LogP contribution in [0.25, 0.3) is 5.69 Å². The van der Waals surface area contributed by atoms with Crippen molar-refractivity contribution >= 4 is 5.96 Å². The minimum Gasteiger partial charge on any atom is -0.381 e.